The van der Waals surface area contributed by atoms with Crippen LogP contribution < -0.4 is 10.2 Å². The SMILES string of the molecule is O=C1NC(=S)N(c2ccccc2F)C(=O)/C1=C\c1cc(Br)cc(I)c1O. The van der Waals surface area contributed by atoms with Crippen molar-refractivity contribution in [2.24, 2.45) is 0 Å². The van der Waals surface area contributed by atoms with Gasteiger partial charge in [0.15, 0.2) is 5.11 Å². The summed E-state index contributed by atoms with van der Waals surface area (Å²) in [6, 6.07) is 8.85. The summed E-state index contributed by atoms with van der Waals surface area (Å²) in [5.41, 5.74) is -0.0731. The van der Waals surface area contributed by atoms with Gasteiger partial charge >= 0.3 is 0 Å². The number of anilines is 1. The summed E-state index contributed by atoms with van der Waals surface area (Å²) in [5, 5.41) is 12.3. The molecule has 0 aromatic heterocycles. The quantitative estimate of drug-likeness (QED) is 0.261. The number of phenols is 1. The summed E-state index contributed by atoms with van der Waals surface area (Å²) in [5.74, 6) is -2.23. The summed E-state index contributed by atoms with van der Waals surface area (Å²) in [4.78, 5) is 26.0. The molecule has 132 valence electrons. The number of carbonyl (C=O) groups excluding carboxylic acids is 2. The van der Waals surface area contributed by atoms with Crippen molar-refractivity contribution in [3.63, 3.8) is 0 Å². The number of benzene rings is 2. The van der Waals surface area contributed by atoms with E-state index in [1.54, 1.807) is 18.2 Å². The van der Waals surface area contributed by atoms with Gasteiger partial charge in [0.2, 0.25) is 0 Å². The molecule has 0 spiro atoms. The number of nitrogens with one attached hydrogen (secondary N) is 1. The lowest BCUT2D eigenvalue weighted by Crippen LogP contribution is -2.54. The summed E-state index contributed by atoms with van der Waals surface area (Å²) >= 11 is 10.3. The summed E-state index contributed by atoms with van der Waals surface area (Å²) < 4.78 is 15.3. The van der Waals surface area contributed by atoms with Crippen LogP contribution in [0.3, 0.4) is 0 Å². The van der Waals surface area contributed by atoms with Gasteiger partial charge in [-0.25, -0.2) is 9.29 Å². The lowest BCUT2D eigenvalue weighted by molar-refractivity contribution is -0.122. The third kappa shape index (κ3) is 3.51. The minimum atomic E-state index is -0.779. The maximum Gasteiger partial charge on any atom is 0.270 e. The molecule has 1 fully saturated rings. The van der Waals surface area contributed by atoms with Crippen LogP contribution >= 0.6 is 50.7 Å². The number of amides is 2. The van der Waals surface area contributed by atoms with Gasteiger partial charge < -0.3 is 5.11 Å². The lowest BCUT2D eigenvalue weighted by atomic mass is 10.1. The van der Waals surface area contributed by atoms with Gasteiger partial charge in [-0.3, -0.25) is 14.9 Å². The summed E-state index contributed by atoms with van der Waals surface area (Å²) in [7, 11) is 0. The number of aromatic hydroxyl groups is 1. The Labute approximate surface area is 175 Å². The van der Waals surface area contributed by atoms with E-state index in [0.717, 1.165) is 4.90 Å². The van der Waals surface area contributed by atoms with Crippen molar-refractivity contribution in [1.82, 2.24) is 5.32 Å². The molecule has 9 heteroatoms. The monoisotopic (exact) mass is 546 g/mol. The molecule has 3 rings (SSSR count). The van der Waals surface area contributed by atoms with E-state index in [0.29, 0.717) is 8.04 Å². The number of para-hydroxylation sites is 1. The number of carbonyl (C=O) groups is 2. The minimum absolute atomic E-state index is 0.0681. The first kappa shape index (κ1) is 18.9. The summed E-state index contributed by atoms with van der Waals surface area (Å²) in [6.45, 7) is 0. The second-order valence-corrected chi connectivity index (χ2v) is 7.70. The standard InChI is InChI=1S/C17H9BrFIN2O3S/c18-9-5-8(14(23)12(20)7-9)6-10-15(24)21-17(26)22(16(10)25)13-4-2-1-3-11(13)19/h1-7,23H,(H,21,24,26)/b10-6-. The van der Waals surface area contributed by atoms with Crippen molar-refractivity contribution >= 4 is 79.4 Å². The fourth-order valence-corrected chi connectivity index (χ4v) is 4.19. The maximum atomic E-state index is 14.1. The van der Waals surface area contributed by atoms with Crippen LogP contribution in [0.4, 0.5) is 10.1 Å². The number of rotatable bonds is 2. The molecule has 0 unspecified atom stereocenters. The molecular weight excluding hydrogens is 538 g/mol. The van der Waals surface area contributed by atoms with Crippen LogP contribution in [-0.4, -0.2) is 22.0 Å². The van der Waals surface area contributed by atoms with E-state index in [1.807, 2.05) is 22.6 Å². The number of hydrogen-bond acceptors (Lipinski definition) is 4. The van der Waals surface area contributed by atoms with Crippen molar-refractivity contribution in [1.29, 1.82) is 0 Å². The van der Waals surface area contributed by atoms with E-state index in [1.165, 1.54) is 24.3 Å². The molecule has 1 saturated heterocycles. The van der Waals surface area contributed by atoms with Crippen LogP contribution in [0.5, 0.6) is 5.75 Å². The average molecular weight is 547 g/mol. The van der Waals surface area contributed by atoms with Gasteiger partial charge in [0, 0.05) is 10.0 Å². The number of hydrogen-bond donors (Lipinski definition) is 2. The van der Waals surface area contributed by atoms with Gasteiger partial charge in [-0.05, 0) is 65.2 Å². The molecule has 1 aliphatic heterocycles. The molecule has 0 radical (unpaired) electrons. The van der Waals surface area contributed by atoms with Gasteiger partial charge in [-0.1, -0.05) is 28.1 Å². The Balaban J connectivity index is 2.11. The largest absolute Gasteiger partial charge is 0.506 e. The van der Waals surface area contributed by atoms with Crippen LogP contribution in [0, 0.1) is 9.39 Å². The zero-order valence-electron chi connectivity index (χ0n) is 12.8. The smallest absolute Gasteiger partial charge is 0.270 e. The highest BCUT2D eigenvalue weighted by Gasteiger charge is 2.35. The van der Waals surface area contributed by atoms with E-state index >= 15 is 0 Å². The van der Waals surface area contributed by atoms with Crippen molar-refractivity contribution in [2.45, 2.75) is 0 Å². The third-order valence-corrected chi connectivity index (χ3v) is 5.12. The highest BCUT2D eigenvalue weighted by molar-refractivity contribution is 14.1. The van der Waals surface area contributed by atoms with Crippen LogP contribution in [0.25, 0.3) is 6.08 Å². The highest BCUT2D eigenvalue weighted by atomic mass is 127. The van der Waals surface area contributed by atoms with Crippen molar-refractivity contribution in [3.8, 4) is 5.75 Å². The van der Waals surface area contributed by atoms with Crippen LogP contribution in [0.15, 0.2) is 46.4 Å². The van der Waals surface area contributed by atoms with E-state index in [4.69, 9.17) is 12.2 Å². The molecule has 0 saturated carbocycles. The molecule has 0 bridgehead atoms. The van der Waals surface area contributed by atoms with E-state index in [9.17, 15) is 19.1 Å². The zero-order chi connectivity index (χ0) is 19.0. The Morgan fingerprint density at radius 2 is 1.96 bits per heavy atom. The molecule has 1 heterocycles. The van der Waals surface area contributed by atoms with Crippen LogP contribution in [0.1, 0.15) is 5.56 Å². The first-order chi connectivity index (χ1) is 12.3. The van der Waals surface area contributed by atoms with Gasteiger partial charge in [-0.15, -0.1) is 0 Å². The molecule has 2 amide bonds. The van der Waals surface area contributed by atoms with Crippen LogP contribution in [0.2, 0.25) is 0 Å². The number of nitrogens with zero attached hydrogens (tertiary/aromatic N) is 1. The Hall–Kier alpha value is -1.85. The molecule has 5 nitrogen and oxygen atoms in total. The molecule has 1 aliphatic rings. The zero-order valence-corrected chi connectivity index (χ0v) is 17.4. The Morgan fingerprint density at radius 3 is 2.65 bits per heavy atom. The van der Waals surface area contributed by atoms with Crippen molar-refractivity contribution < 1.29 is 19.1 Å². The van der Waals surface area contributed by atoms with Crippen molar-refractivity contribution in [3.05, 3.63) is 61.4 Å². The average Bonchev–Trinajstić information content (AvgIpc) is 2.57. The predicted octanol–water partition coefficient (Wildman–Crippen LogP) is 3.73. The number of halogens is 3. The number of thiocarbonyl (C=S) groups is 1. The van der Waals surface area contributed by atoms with Gasteiger partial charge in [0.05, 0.1) is 9.26 Å². The predicted molar refractivity (Wildman–Crippen MR) is 111 cm³/mol. The second kappa shape index (κ2) is 7.41. The first-order valence-corrected chi connectivity index (χ1v) is 9.41. The minimum Gasteiger partial charge on any atom is -0.506 e. The first-order valence-electron chi connectivity index (χ1n) is 7.13. The topological polar surface area (TPSA) is 69.6 Å². The molecule has 0 aliphatic carbocycles. The Kier molecular flexibility index (Phi) is 5.39. The lowest BCUT2D eigenvalue weighted by Gasteiger charge is -2.29. The molecule has 0 atom stereocenters. The van der Waals surface area contributed by atoms with Gasteiger partial charge in [-0.2, -0.15) is 0 Å². The molecule has 26 heavy (non-hydrogen) atoms. The highest BCUT2D eigenvalue weighted by Crippen LogP contribution is 2.31. The van der Waals surface area contributed by atoms with Crippen molar-refractivity contribution in [2.75, 3.05) is 4.90 Å². The Bertz CT molecular complexity index is 996. The molecule has 2 N–H and O–H groups in total. The molecular formula is C17H9BrFIN2O3S. The normalized spacial score (nSPS) is 16.2. The maximum absolute atomic E-state index is 14.1. The second-order valence-electron chi connectivity index (χ2n) is 5.23. The van der Waals surface area contributed by atoms with E-state index in [2.05, 4.69) is 21.2 Å². The van der Waals surface area contributed by atoms with Crippen LogP contribution in [-0.2, 0) is 9.59 Å². The van der Waals surface area contributed by atoms with Gasteiger partial charge in [0.25, 0.3) is 11.8 Å². The fraction of sp³-hybridized carbons (Fsp3) is 0. The van der Waals surface area contributed by atoms with Gasteiger partial charge in [0.1, 0.15) is 17.1 Å². The Morgan fingerprint density at radius 1 is 1.27 bits per heavy atom. The van der Waals surface area contributed by atoms with E-state index in [-0.39, 0.29) is 27.7 Å². The third-order valence-electron chi connectivity index (χ3n) is 3.55. The number of phenolic OH excluding ortho intramolecular Hbond substituents is 1. The van der Waals surface area contributed by atoms with E-state index < -0.39 is 17.6 Å². The fourth-order valence-electron chi connectivity index (χ4n) is 2.36. The molecule has 2 aromatic rings. The summed E-state index contributed by atoms with van der Waals surface area (Å²) in [6.07, 6.45) is 1.25. The molecule has 2 aromatic carbocycles.